The number of carbonyl (C=O) groups is 3. The first-order valence-corrected chi connectivity index (χ1v) is 8.08. The van der Waals surface area contributed by atoms with Crippen molar-refractivity contribution in [3.8, 4) is 0 Å². The first kappa shape index (κ1) is 17.8. The van der Waals surface area contributed by atoms with Gasteiger partial charge < -0.3 is 15.5 Å². The molecule has 24 heavy (non-hydrogen) atoms. The molecule has 8 nitrogen and oxygen atoms in total. The van der Waals surface area contributed by atoms with Gasteiger partial charge in [-0.15, -0.1) is 0 Å². The summed E-state index contributed by atoms with van der Waals surface area (Å²) in [6.07, 6.45) is 6.15. The fourth-order valence-electron chi connectivity index (χ4n) is 2.66. The summed E-state index contributed by atoms with van der Waals surface area (Å²) in [5.74, 6) is -1.00. The Morgan fingerprint density at radius 1 is 1.21 bits per heavy atom. The Morgan fingerprint density at radius 2 is 1.96 bits per heavy atom. The molecule has 2 rings (SSSR count). The van der Waals surface area contributed by atoms with E-state index in [4.69, 9.17) is 0 Å². The van der Waals surface area contributed by atoms with Crippen LogP contribution in [0, 0.1) is 0 Å². The molecule has 3 amide bonds. The lowest BCUT2D eigenvalue weighted by atomic mass is 10.2. The monoisotopic (exact) mass is 333 g/mol. The Bertz CT molecular complexity index is 607. The molecule has 0 radical (unpaired) electrons. The summed E-state index contributed by atoms with van der Waals surface area (Å²) in [5.41, 5.74) is 0.132. The first-order valence-electron chi connectivity index (χ1n) is 8.08. The lowest BCUT2D eigenvalue weighted by Gasteiger charge is -2.26. The number of hydrogen-bond acceptors (Lipinski definition) is 5. The van der Waals surface area contributed by atoms with Gasteiger partial charge in [-0.25, -0.2) is 4.98 Å². The summed E-state index contributed by atoms with van der Waals surface area (Å²) < 4.78 is 0. The third-order valence-electron chi connectivity index (χ3n) is 4.10. The number of nitrogens with zero attached hydrogens (tertiary/aromatic N) is 3. The molecule has 0 aliphatic carbocycles. The van der Waals surface area contributed by atoms with E-state index < -0.39 is 23.9 Å². The van der Waals surface area contributed by atoms with E-state index in [1.165, 1.54) is 18.6 Å². The standard InChI is InChI=1S/C16H23N5O3/c1-10-5-4-8-21(10)16(24)12(3)20-14(22)11(2)19-15(23)13-9-17-6-7-18-13/h6-7,9-12H,4-5,8H2,1-3H3,(H,19,23)(H,20,22). The van der Waals surface area contributed by atoms with Crippen molar-refractivity contribution in [2.75, 3.05) is 6.54 Å². The Hall–Kier alpha value is -2.51. The number of amides is 3. The van der Waals surface area contributed by atoms with Crippen molar-refractivity contribution in [3.63, 3.8) is 0 Å². The van der Waals surface area contributed by atoms with Crippen molar-refractivity contribution in [3.05, 3.63) is 24.3 Å². The molecule has 130 valence electrons. The van der Waals surface area contributed by atoms with E-state index in [0.717, 1.165) is 19.4 Å². The Morgan fingerprint density at radius 3 is 2.54 bits per heavy atom. The van der Waals surface area contributed by atoms with Crippen molar-refractivity contribution < 1.29 is 14.4 Å². The maximum Gasteiger partial charge on any atom is 0.272 e. The second kappa shape index (κ2) is 7.85. The molecule has 1 aliphatic heterocycles. The maximum atomic E-state index is 12.4. The highest BCUT2D eigenvalue weighted by atomic mass is 16.2. The summed E-state index contributed by atoms with van der Waals surface area (Å²) in [6, 6.07) is -1.22. The first-order chi connectivity index (χ1) is 11.4. The molecule has 1 fully saturated rings. The highest BCUT2D eigenvalue weighted by Gasteiger charge is 2.30. The molecule has 1 aromatic rings. The van der Waals surface area contributed by atoms with Crippen molar-refractivity contribution in [2.24, 2.45) is 0 Å². The minimum Gasteiger partial charge on any atom is -0.343 e. The molecule has 8 heteroatoms. The zero-order valence-corrected chi connectivity index (χ0v) is 14.2. The van der Waals surface area contributed by atoms with E-state index >= 15 is 0 Å². The fourth-order valence-corrected chi connectivity index (χ4v) is 2.66. The molecule has 0 aromatic carbocycles. The predicted molar refractivity (Wildman–Crippen MR) is 87.0 cm³/mol. The highest BCUT2D eigenvalue weighted by molar-refractivity contribution is 5.96. The average molecular weight is 333 g/mol. The van der Waals surface area contributed by atoms with Crippen LogP contribution in [-0.4, -0.2) is 57.3 Å². The number of nitrogens with one attached hydrogen (secondary N) is 2. The SMILES string of the molecule is CC(NC(=O)c1cnccn1)C(=O)NC(C)C(=O)N1CCCC1C. The van der Waals surface area contributed by atoms with Crippen LogP contribution in [0.2, 0.25) is 0 Å². The fraction of sp³-hybridized carbons (Fsp3) is 0.562. The quantitative estimate of drug-likeness (QED) is 0.796. The second-order valence-electron chi connectivity index (χ2n) is 6.04. The van der Waals surface area contributed by atoms with Crippen LogP contribution in [-0.2, 0) is 9.59 Å². The number of aromatic nitrogens is 2. The van der Waals surface area contributed by atoms with Gasteiger partial charge in [-0.1, -0.05) is 0 Å². The zero-order chi connectivity index (χ0) is 17.7. The molecule has 2 N–H and O–H groups in total. The van der Waals surface area contributed by atoms with Gasteiger partial charge in [-0.05, 0) is 33.6 Å². The third-order valence-corrected chi connectivity index (χ3v) is 4.10. The van der Waals surface area contributed by atoms with E-state index in [2.05, 4.69) is 20.6 Å². The Kier molecular flexibility index (Phi) is 5.83. The second-order valence-corrected chi connectivity index (χ2v) is 6.04. The predicted octanol–water partition coefficient (Wildman–Crippen LogP) is 0.111. The van der Waals surface area contributed by atoms with E-state index in [9.17, 15) is 14.4 Å². The van der Waals surface area contributed by atoms with Gasteiger partial charge in [-0.2, -0.15) is 0 Å². The van der Waals surface area contributed by atoms with Crippen molar-refractivity contribution in [2.45, 2.75) is 51.7 Å². The van der Waals surface area contributed by atoms with Crippen LogP contribution in [0.15, 0.2) is 18.6 Å². The van der Waals surface area contributed by atoms with Gasteiger partial charge in [0, 0.05) is 25.0 Å². The summed E-state index contributed by atoms with van der Waals surface area (Å²) in [7, 11) is 0. The van der Waals surface area contributed by atoms with Gasteiger partial charge in [0.2, 0.25) is 11.8 Å². The number of rotatable bonds is 5. The summed E-state index contributed by atoms with van der Waals surface area (Å²) in [6.45, 7) is 5.93. The summed E-state index contributed by atoms with van der Waals surface area (Å²) in [4.78, 5) is 46.0. The summed E-state index contributed by atoms with van der Waals surface area (Å²) >= 11 is 0. The molecule has 1 aliphatic rings. The minimum atomic E-state index is -0.786. The topological polar surface area (TPSA) is 104 Å². The number of hydrogen-bond donors (Lipinski definition) is 2. The minimum absolute atomic E-state index is 0.0965. The van der Waals surface area contributed by atoms with Crippen LogP contribution in [0.3, 0.4) is 0 Å². The molecule has 0 bridgehead atoms. The maximum absolute atomic E-state index is 12.4. The molecular weight excluding hydrogens is 310 g/mol. The van der Waals surface area contributed by atoms with Crippen LogP contribution in [0.25, 0.3) is 0 Å². The van der Waals surface area contributed by atoms with E-state index in [1.807, 2.05) is 6.92 Å². The van der Waals surface area contributed by atoms with Gasteiger partial charge in [0.1, 0.15) is 17.8 Å². The molecule has 2 heterocycles. The molecular formula is C16H23N5O3. The lowest BCUT2D eigenvalue weighted by Crippen LogP contribution is -2.53. The molecule has 1 saturated heterocycles. The van der Waals surface area contributed by atoms with Gasteiger partial charge in [0.15, 0.2) is 0 Å². The molecule has 0 saturated carbocycles. The van der Waals surface area contributed by atoms with E-state index in [-0.39, 0.29) is 17.6 Å². The van der Waals surface area contributed by atoms with Crippen molar-refractivity contribution >= 4 is 17.7 Å². The van der Waals surface area contributed by atoms with E-state index in [0.29, 0.717) is 0 Å². The van der Waals surface area contributed by atoms with Gasteiger partial charge >= 0.3 is 0 Å². The van der Waals surface area contributed by atoms with Crippen LogP contribution >= 0.6 is 0 Å². The number of carbonyl (C=O) groups excluding carboxylic acids is 3. The Labute approximate surface area is 141 Å². The van der Waals surface area contributed by atoms with Crippen molar-refractivity contribution in [1.29, 1.82) is 0 Å². The van der Waals surface area contributed by atoms with Crippen LogP contribution < -0.4 is 10.6 Å². The molecule has 3 unspecified atom stereocenters. The lowest BCUT2D eigenvalue weighted by molar-refractivity contribution is -0.136. The molecule has 3 atom stereocenters. The smallest absolute Gasteiger partial charge is 0.272 e. The van der Waals surface area contributed by atoms with Crippen LogP contribution in [0.5, 0.6) is 0 Å². The third kappa shape index (κ3) is 4.27. The van der Waals surface area contributed by atoms with Crippen LogP contribution in [0.1, 0.15) is 44.1 Å². The molecule has 1 aromatic heterocycles. The summed E-state index contributed by atoms with van der Waals surface area (Å²) in [5, 5.41) is 5.19. The Balaban J connectivity index is 1.86. The van der Waals surface area contributed by atoms with E-state index in [1.54, 1.807) is 18.7 Å². The van der Waals surface area contributed by atoms with Gasteiger partial charge in [0.05, 0.1) is 6.20 Å². The van der Waals surface area contributed by atoms with Crippen LogP contribution in [0.4, 0.5) is 0 Å². The number of likely N-dealkylation sites (tertiary alicyclic amines) is 1. The zero-order valence-electron chi connectivity index (χ0n) is 14.2. The average Bonchev–Trinajstić information content (AvgIpc) is 3.00. The largest absolute Gasteiger partial charge is 0.343 e. The normalized spacial score (nSPS) is 19.5. The molecule has 0 spiro atoms. The van der Waals surface area contributed by atoms with Gasteiger partial charge in [-0.3, -0.25) is 19.4 Å². The highest BCUT2D eigenvalue weighted by Crippen LogP contribution is 2.17. The van der Waals surface area contributed by atoms with Crippen molar-refractivity contribution in [1.82, 2.24) is 25.5 Å². The van der Waals surface area contributed by atoms with Gasteiger partial charge in [0.25, 0.3) is 5.91 Å².